The minimum absolute atomic E-state index is 0.294. The van der Waals surface area contributed by atoms with E-state index in [4.69, 9.17) is 5.11 Å². The number of anilines is 1. The average molecular weight is 220 g/mol. The Bertz CT molecular complexity index is 416. The second kappa shape index (κ2) is 4.51. The van der Waals surface area contributed by atoms with Gasteiger partial charge in [0.15, 0.2) is 0 Å². The number of carboxylic acids is 1. The lowest BCUT2D eigenvalue weighted by Gasteiger charge is -2.17. The van der Waals surface area contributed by atoms with E-state index in [9.17, 15) is 4.79 Å². The number of fused-ring (bicyclic) bond motifs is 1. The molecule has 16 heavy (non-hydrogen) atoms. The highest BCUT2D eigenvalue weighted by molar-refractivity contribution is 5.93. The predicted molar refractivity (Wildman–Crippen MR) is 62.0 cm³/mol. The third-order valence-electron chi connectivity index (χ3n) is 2.88. The molecule has 0 aliphatic heterocycles. The van der Waals surface area contributed by atoms with E-state index in [0.717, 1.165) is 36.9 Å². The van der Waals surface area contributed by atoms with Gasteiger partial charge in [-0.3, -0.25) is 0 Å². The number of nitrogens with zero attached hydrogens (tertiary/aromatic N) is 1. The Morgan fingerprint density at radius 3 is 2.94 bits per heavy atom. The number of nitrogens with one attached hydrogen (secondary N) is 1. The van der Waals surface area contributed by atoms with Crippen LogP contribution in [-0.4, -0.2) is 22.6 Å². The van der Waals surface area contributed by atoms with Gasteiger partial charge >= 0.3 is 5.97 Å². The summed E-state index contributed by atoms with van der Waals surface area (Å²) in [5.41, 5.74) is 2.46. The van der Waals surface area contributed by atoms with Crippen LogP contribution in [0.5, 0.6) is 0 Å². The molecule has 2 N–H and O–H groups in total. The van der Waals surface area contributed by atoms with Crippen LogP contribution in [0.4, 0.5) is 5.82 Å². The first-order valence-corrected chi connectivity index (χ1v) is 5.72. The second-order valence-corrected chi connectivity index (χ2v) is 4.03. The number of aryl methyl sites for hydroxylation is 2. The van der Waals surface area contributed by atoms with E-state index < -0.39 is 5.97 Å². The molecule has 1 heterocycles. The molecule has 0 amide bonds. The second-order valence-electron chi connectivity index (χ2n) is 4.03. The van der Waals surface area contributed by atoms with Gasteiger partial charge in [0, 0.05) is 12.2 Å². The van der Waals surface area contributed by atoms with Crippen LogP contribution in [0.25, 0.3) is 0 Å². The lowest BCUT2D eigenvalue weighted by molar-refractivity contribution is 0.0697. The molecule has 0 saturated carbocycles. The standard InChI is InChI=1S/C12H16N2O2/c1-2-13-11-9(12(15)16)7-8-5-3-4-6-10(8)14-11/h7H,2-6H2,1H3,(H,13,14)(H,15,16). The van der Waals surface area contributed by atoms with E-state index in [0.29, 0.717) is 17.9 Å². The zero-order chi connectivity index (χ0) is 11.5. The molecule has 4 heteroatoms. The first kappa shape index (κ1) is 10.9. The number of aromatic nitrogens is 1. The third kappa shape index (κ3) is 2.01. The number of carboxylic acid groups (broad SMARTS) is 1. The van der Waals surface area contributed by atoms with Crippen molar-refractivity contribution in [3.63, 3.8) is 0 Å². The smallest absolute Gasteiger partial charge is 0.339 e. The van der Waals surface area contributed by atoms with Crippen molar-refractivity contribution < 1.29 is 9.90 Å². The fourth-order valence-corrected chi connectivity index (χ4v) is 2.10. The Hall–Kier alpha value is -1.58. The summed E-state index contributed by atoms with van der Waals surface area (Å²) in [4.78, 5) is 15.5. The maximum absolute atomic E-state index is 11.1. The molecule has 0 spiro atoms. The number of rotatable bonds is 3. The predicted octanol–water partition coefficient (Wildman–Crippen LogP) is 2.09. The van der Waals surface area contributed by atoms with E-state index in [2.05, 4.69) is 10.3 Å². The van der Waals surface area contributed by atoms with Crippen LogP contribution >= 0.6 is 0 Å². The molecule has 0 saturated heterocycles. The number of hydrogen-bond donors (Lipinski definition) is 2. The molecule has 0 unspecified atom stereocenters. The van der Waals surface area contributed by atoms with Crippen LogP contribution in [0.15, 0.2) is 6.07 Å². The van der Waals surface area contributed by atoms with Crippen molar-refractivity contribution in [3.05, 3.63) is 22.9 Å². The molecule has 1 aliphatic carbocycles. The quantitative estimate of drug-likeness (QED) is 0.818. The molecular formula is C12H16N2O2. The van der Waals surface area contributed by atoms with E-state index in [1.165, 1.54) is 0 Å². The molecule has 0 fully saturated rings. The first-order chi connectivity index (χ1) is 7.72. The fraction of sp³-hybridized carbons (Fsp3) is 0.500. The molecule has 1 aliphatic rings. The minimum Gasteiger partial charge on any atom is -0.478 e. The Balaban J connectivity index is 2.45. The van der Waals surface area contributed by atoms with Crippen molar-refractivity contribution in [2.75, 3.05) is 11.9 Å². The number of pyridine rings is 1. The first-order valence-electron chi connectivity index (χ1n) is 5.72. The number of carbonyl (C=O) groups is 1. The van der Waals surface area contributed by atoms with E-state index in [-0.39, 0.29) is 0 Å². The van der Waals surface area contributed by atoms with E-state index >= 15 is 0 Å². The zero-order valence-electron chi connectivity index (χ0n) is 9.42. The Kier molecular flexibility index (Phi) is 3.08. The van der Waals surface area contributed by atoms with Gasteiger partial charge in [-0.2, -0.15) is 0 Å². The third-order valence-corrected chi connectivity index (χ3v) is 2.88. The van der Waals surface area contributed by atoms with Crippen molar-refractivity contribution in [3.8, 4) is 0 Å². The van der Waals surface area contributed by atoms with Crippen LogP contribution in [0.2, 0.25) is 0 Å². The molecular weight excluding hydrogens is 204 g/mol. The van der Waals surface area contributed by atoms with Crippen molar-refractivity contribution in [1.82, 2.24) is 4.98 Å². The zero-order valence-corrected chi connectivity index (χ0v) is 9.42. The molecule has 0 atom stereocenters. The number of hydrogen-bond acceptors (Lipinski definition) is 3. The summed E-state index contributed by atoms with van der Waals surface area (Å²) < 4.78 is 0. The van der Waals surface area contributed by atoms with Crippen molar-refractivity contribution in [2.45, 2.75) is 32.6 Å². The maximum Gasteiger partial charge on any atom is 0.339 e. The summed E-state index contributed by atoms with van der Waals surface area (Å²) in [6, 6.07) is 1.78. The lowest BCUT2D eigenvalue weighted by atomic mass is 9.95. The summed E-state index contributed by atoms with van der Waals surface area (Å²) >= 11 is 0. The molecule has 0 radical (unpaired) electrons. The monoisotopic (exact) mass is 220 g/mol. The Morgan fingerprint density at radius 1 is 1.50 bits per heavy atom. The van der Waals surface area contributed by atoms with Gasteiger partial charge in [0.2, 0.25) is 0 Å². The lowest BCUT2D eigenvalue weighted by Crippen LogP contribution is -2.13. The molecule has 86 valence electrons. The van der Waals surface area contributed by atoms with Crippen LogP contribution in [0.1, 0.15) is 41.4 Å². The topological polar surface area (TPSA) is 62.2 Å². The molecule has 4 nitrogen and oxygen atoms in total. The van der Waals surface area contributed by atoms with Gasteiger partial charge in [-0.1, -0.05) is 0 Å². The van der Waals surface area contributed by atoms with Crippen molar-refractivity contribution in [2.24, 2.45) is 0 Å². The highest BCUT2D eigenvalue weighted by Gasteiger charge is 2.18. The van der Waals surface area contributed by atoms with Gasteiger partial charge in [-0.15, -0.1) is 0 Å². The van der Waals surface area contributed by atoms with Gasteiger partial charge < -0.3 is 10.4 Å². The normalized spacial score (nSPS) is 14.3. The van der Waals surface area contributed by atoms with Crippen molar-refractivity contribution in [1.29, 1.82) is 0 Å². The SMILES string of the molecule is CCNc1nc2c(cc1C(=O)O)CCCC2. The molecule has 1 aromatic rings. The highest BCUT2D eigenvalue weighted by Crippen LogP contribution is 2.24. The van der Waals surface area contributed by atoms with Gasteiger partial charge in [0.25, 0.3) is 0 Å². The Labute approximate surface area is 94.7 Å². The van der Waals surface area contributed by atoms with Crippen LogP contribution < -0.4 is 5.32 Å². The molecule has 2 rings (SSSR count). The van der Waals surface area contributed by atoms with Gasteiger partial charge in [-0.25, -0.2) is 9.78 Å². The molecule has 1 aromatic heterocycles. The Morgan fingerprint density at radius 2 is 2.25 bits per heavy atom. The average Bonchev–Trinajstić information content (AvgIpc) is 2.28. The number of aromatic carboxylic acids is 1. The molecule has 0 bridgehead atoms. The summed E-state index contributed by atoms with van der Waals surface area (Å²) in [6.45, 7) is 2.62. The van der Waals surface area contributed by atoms with Gasteiger partial charge in [-0.05, 0) is 44.2 Å². The van der Waals surface area contributed by atoms with Gasteiger partial charge in [0.05, 0.1) is 0 Å². The van der Waals surface area contributed by atoms with Crippen LogP contribution in [0, 0.1) is 0 Å². The van der Waals surface area contributed by atoms with Crippen molar-refractivity contribution >= 4 is 11.8 Å². The summed E-state index contributed by atoms with van der Waals surface area (Å²) in [7, 11) is 0. The summed E-state index contributed by atoms with van der Waals surface area (Å²) in [6.07, 6.45) is 4.20. The largest absolute Gasteiger partial charge is 0.478 e. The summed E-state index contributed by atoms with van der Waals surface area (Å²) in [5.74, 6) is -0.396. The summed E-state index contributed by atoms with van der Waals surface area (Å²) in [5, 5.41) is 12.1. The van der Waals surface area contributed by atoms with E-state index in [1.807, 2.05) is 6.92 Å². The molecule has 0 aromatic carbocycles. The minimum atomic E-state index is -0.906. The van der Waals surface area contributed by atoms with Crippen LogP contribution in [0.3, 0.4) is 0 Å². The van der Waals surface area contributed by atoms with Gasteiger partial charge in [0.1, 0.15) is 11.4 Å². The van der Waals surface area contributed by atoms with E-state index in [1.54, 1.807) is 6.07 Å². The fourth-order valence-electron chi connectivity index (χ4n) is 2.10. The highest BCUT2D eigenvalue weighted by atomic mass is 16.4. The van der Waals surface area contributed by atoms with Crippen LogP contribution in [-0.2, 0) is 12.8 Å². The maximum atomic E-state index is 11.1.